The van der Waals surface area contributed by atoms with Gasteiger partial charge in [0.1, 0.15) is 0 Å². The van der Waals surface area contributed by atoms with Gasteiger partial charge in [0.2, 0.25) is 12.2 Å². The van der Waals surface area contributed by atoms with E-state index in [1.165, 1.54) is 38.5 Å². The van der Waals surface area contributed by atoms with Crippen LogP contribution in [0.1, 0.15) is 38.5 Å². The lowest BCUT2D eigenvalue weighted by molar-refractivity contribution is -0.132. The van der Waals surface area contributed by atoms with Crippen molar-refractivity contribution in [2.75, 3.05) is 0 Å². The van der Waals surface area contributed by atoms with Gasteiger partial charge in [-0.3, -0.25) is 4.79 Å². The molecule has 1 unspecified atom stereocenters. The Kier molecular flexibility index (Phi) is 1.89. The van der Waals surface area contributed by atoms with Crippen LogP contribution in [-0.4, -0.2) is 18.5 Å². The molecule has 4 heteroatoms. The molecule has 0 N–H and O–H groups in total. The molecule has 0 saturated heterocycles. The first-order valence-electron chi connectivity index (χ1n) is 6.64. The molecule has 1 aliphatic heterocycles. The Morgan fingerprint density at radius 3 is 2.18 bits per heavy atom. The SMILES string of the molecule is O=CC1ON=C(C23CC4CC(CC(C4)C2)C3)O1. The van der Waals surface area contributed by atoms with Crippen molar-refractivity contribution in [1.29, 1.82) is 0 Å². The van der Waals surface area contributed by atoms with Crippen molar-refractivity contribution in [3.8, 4) is 0 Å². The molecule has 4 fully saturated rings. The summed E-state index contributed by atoms with van der Waals surface area (Å²) in [6.45, 7) is 0. The fraction of sp³-hybridized carbons (Fsp3) is 0.846. The van der Waals surface area contributed by atoms with Crippen LogP contribution in [0.15, 0.2) is 5.16 Å². The van der Waals surface area contributed by atoms with E-state index in [9.17, 15) is 4.79 Å². The topological polar surface area (TPSA) is 47.9 Å². The number of hydrogen-bond acceptors (Lipinski definition) is 4. The van der Waals surface area contributed by atoms with Crippen LogP contribution >= 0.6 is 0 Å². The molecule has 0 spiro atoms. The molecule has 0 amide bonds. The average Bonchev–Trinajstić information content (AvgIpc) is 2.76. The van der Waals surface area contributed by atoms with Gasteiger partial charge < -0.3 is 9.57 Å². The predicted octanol–water partition coefficient (Wildman–Crippen LogP) is 2.09. The molecule has 17 heavy (non-hydrogen) atoms. The fourth-order valence-corrected chi connectivity index (χ4v) is 4.90. The maximum atomic E-state index is 10.7. The largest absolute Gasteiger partial charge is 0.429 e. The highest BCUT2D eigenvalue weighted by Gasteiger charge is 2.55. The van der Waals surface area contributed by atoms with Gasteiger partial charge in [-0.2, -0.15) is 0 Å². The van der Waals surface area contributed by atoms with Crippen molar-refractivity contribution in [3.05, 3.63) is 0 Å². The van der Waals surface area contributed by atoms with E-state index in [1.807, 2.05) is 0 Å². The van der Waals surface area contributed by atoms with Gasteiger partial charge in [0.05, 0.1) is 5.41 Å². The van der Waals surface area contributed by atoms with Gasteiger partial charge in [0.15, 0.2) is 0 Å². The summed E-state index contributed by atoms with van der Waals surface area (Å²) < 4.78 is 5.56. The molecule has 0 aromatic heterocycles. The van der Waals surface area contributed by atoms with E-state index >= 15 is 0 Å². The van der Waals surface area contributed by atoms with Crippen LogP contribution in [-0.2, 0) is 14.4 Å². The quantitative estimate of drug-likeness (QED) is 0.688. The highest BCUT2D eigenvalue weighted by atomic mass is 16.8. The summed E-state index contributed by atoms with van der Waals surface area (Å²) in [6, 6.07) is 0. The van der Waals surface area contributed by atoms with Crippen molar-refractivity contribution in [1.82, 2.24) is 0 Å². The second kappa shape index (κ2) is 3.24. The molecule has 1 heterocycles. The third-order valence-electron chi connectivity index (χ3n) is 5.07. The van der Waals surface area contributed by atoms with Gasteiger partial charge in [0, 0.05) is 0 Å². The molecule has 5 aliphatic rings. The van der Waals surface area contributed by atoms with Crippen LogP contribution in [0.5, 0.6) is 0 Å². The molecular formula is C13H17NO3. The first-order valence-corrected chi connectivity index (χ1v) is 6.64. The van der Waals surface area contributed by atoms with E-state index in [0.29, 0.717) is 12.2 Å². The number of carbonyl (C=O) groups excluding carboxylic acids is 1. The molecule has 92 valence electrons. The highest BCUT2D eigenvalue weighted by Crippen LogP contribution is 2.61. The van der Waals surface area contributed by atoms with Crippen molar-refractivity contribution >= 4 is 12.2 Å². The lowest BCUT2D eigenvalue weighted by Gasteiger charge is -2.55. The summed E-state index contributed by atoms with van der Waals surface area (Å²) in [7, 11) is 0. The number of carbonyl (C=O) groups is 1. The Bertz CT molecular complexity index is 355. The third-order valence-corrected chi connectivity index (χ3v) is 5.07. The van der Waals surface area contributed by atoms with Crippen LogP contribution in [0.4, 0.5) is 0 Å². The molecule has 4 nitrogen and oxygen atoms in total. The van der Waals surface area contributed by atoms with E-state index in [1.54, 1.807) is 0 Å². The lowest BCUT2D eigenvalue weighted by atomic mass is 9.49. The summed E-state index contributed by atoms with van der Waals surface area (Å²) in [6.07, 6.45) is 7.63. The highest BCUT2D eigenvalue weighted by molar-refractivity contribution is 5.85. The van der Waals surface area contributed by atoms with E-state index < -0.39 is 6.29 Å². The Morgan fingerprint density at radius 2 is 1.71 bits per heavy atom. The van der Waals surface area contributed by atoms with E-state index in [4.69, 9.17) is 9.57 Å². The number of aldehydes is 1. The zero-order valence-corrected chi connectivity index (χ0v) is 9.80. The molecule has 4 aliphatic carbocycles. The third kappa shape index (κ3) is 1.36. The van der Waals surface area contributed by atoms with Crippen LogP contribution in [0.3, 0.4) is 0 Å². The molecule has 0 aromatic rings. The monoisotopic (exact) mass is 235 g/mol. The minimum Gasteiger partial charge on any atom is -0.429 e. The summed E-state index contributed by atoms with van der Waals surface area (Å²) in [4.78, 5) is 15.7. The second-order valence-electron chi connectivity index (χ2n) is 6.32. The molecular weight excluding hydrogens is 218 g/mol. The van der Waals surface area contributed by atoms with E-state index in [-0.39, 0.29) is 5.41 Å². The van der Waals surface area contributed by atoms with Crippen LogP contribution < -0.4 is 0 Å². The minimum atomic E-state index is -0.794. The molecule has 5 rings (SSSR count). The fourth-order valence-electron chi connectivity index (χ4n) is 4.90. The van der Waals surface area contributed by atoms with Gasteiger partial charge in [0.25, 0.3) is 0 Å². The summed E-state index contributed by atoms with van der Waals surface area (Å²) in [5.74, 6) is 3.27. The van der Waals surface area contributed by atoms with E-state index in [2.05, 4.69) is 5.16 Å². The number of hydrogen-bond donors (Lipinski definition) is 0. The Labute approximate surface area is 100 Å². The van der Waals surface area contributed by atoms with Crippen molar-refractivity contribution in [3.63, 3.8) is 0 Å². The zero-order chi connectivity index (χ0) is 11.5. The zero-order valence-electron chi connectivity index (χ0n) is 9.80. The molecule has 0 radical (unpaired) electrons. The van der Waals surface area contributed by atoms with Crippen molar-refractivity contribution in [2.45, 2.75) is 44.8 Å². The first-order chi connectivity index (χ1) is 8.27. The summed E-state index contributed by atoms with van der Waals surface area (Å²) in [5, 5.41) is 4.04. The summed E-state index contributed by atoms with van der Waals surface area (Å²) in [5.41, 5.74) is 0.104. The number of nitrogens with zero attached hydrogens (tertiary/aromatic N) is 1. The normalized spacial score (nSPS) is 50.7. The van der Waals surface area contributed by atoms with Gasteiger partial charge in [-0.05, 0) is 61.4 Å². The first kappa shape index (κ1) is 9.92. The minimum absolute atomic E-state index is 0.104. The van der Waals surface area contributed by atoms with Gasteiger partial charge in [-0.1, -0.05) is 0 Å². The van der Waals surface area contributed by atoms with Gasteiger partial charge >= 0.3 is 6.29 Å². The predicted molar refractivity (Wildman–Crippen MR) is 60.1 cm³/mol. The summed E-state index contributed by atoms with van der Waals surface area (Å²) >= 11 is 0. The number of rotatable bonds is 2. The smallest absolute Gasteiger partial charge is 0.323 e. The maximum absolute atomic E-state index is 10.7. The van der Waals surface area contributed by atoms with Gasteiger partial charge in [-0.25, -0.2) is 0 Å². The Balaban J connectivity index is 1.63. The lowest BCUT2D eigenvalue weighted by Crippen LogP contribution is -2.50. The maximum Gasteiger partial charge on any atom is 0.323 e. The Morgan fingerprint density at radius 1 is 1.12 bits per heavy atom. The molecule has 0 aromatic carbocycles. The van der Waals surface area contributed by atoms with Crippen LogP contribution in [0.2, 0.25) is 0 Å². The number of ether oxygens (including phenoxy) is 1. The van der Waals surface area contributed by atoms with Crippen LogP contribution in [0.25, 0.3) is 0 Å². The average molecular weight is 235 g/mol. The van der Waals surface area contributed by atoms with Crippen LogP contribution in [0, 0.1) is 23.2 Å². The van der Waals surface area contributed by atoms with Gasteiger partial charge in [-0.15, -0.1) is 0 Å². The van der Waals surface area contributed by atoms with Crippen molar-refractivity contribution < 1.29 is 14.4 Å². The van der Waals surface area contributed by atoms with Crippen molar-refractivity contribution in [2.24, 2.45) is 28.3 Å². The molecule has 4 bridgehead atoms. The van der Waals surface area contributed by atoms with E-state index in [0.717, 1.165) is 17.8 Å². The molecule has 1 atom stereocenters. The standard InChI is InChI=1S/C13H17NO3/c15-7-11-16-12(14-17-11)13-4-8-1-9(5-13)3-10(2-8)6-13/h7-11H,1-6H2. The second-order valence-corrected chi connectivity index (χ2v) is 6.32. The number of oxime groups is 1. The molecule has 4 saturated carbocycles. The Hall–Kier alpha value is -1.06.